The molecular weight excluding hydrogens is 240 g/mol. The second kappa shape index (κ2) is 7.32. The number of amides is 2. The van der Waals surface area contributed by atoms with Crippen molar-refractivity contribution in [3.05, 3.63) is 35.9 Å². The predicted octanol–water partition coefficient (Wildman–Crippen LogP) is 2.52. The zero-order valence-electron chi connectivity index (χ0n) is 11.2. The van der Waals surface area contributed by atoms with E-state index < -0.39 is 11.8 Å². The van der Waals surface area contributed by atoms with Crippen LogP contribution in [0.2, 0.25) is 0 Å². The van der Waals surface area contributed by atoms with Gasteiger partial charge in [-0.05, 0) is 24.5 Å². The number of imide groups is 1. The molecule has 1 N–H and O–H groups in total. The lowest BCUT2D eigenvalue weighted by atomic mass is 9.95. The van der Waals surface area contributed by atoms with Gasteiger partial charge < -0.3 is 0 Å². The van der Waals surface area contributed by atoms with E-state index in [0.717, 1.165) is 0 Å². The van der Waals surface area contributed by atoms with Crippen molar-refractivity contribution in [1.82, 2.24) is 5.32 Å². The molecule has 0 radical (unpaired) electrons. The van der Waals surface area contributed by atoms with Crippen molar-refractivity contribution in [1.29, 1.82) is 5.26 Å². The number of hydrogen-bond donors (Lipinski definition) is 1. The molecule has 0 aliphatic heterocycles. The highest BCUT2D eigenvalue weighted by atomic mass is 16.2. The van der Waals surface area contributed by atoms with Crippen LogP contribution in [-0.4, -0.2) is 11.8 Å². The third kappa shape index (κ3) is 5.35. The van der Waals surface area contributed by atoms with E-state index in [1.807, 2.05) is 13.8 Å². The average Bonchev–Trinajstić information content (AvgIpc) is 2.38. The summed E-state index contributed by atoms with van der Waals surface area (Å²) in [5.74, 6) is -0.821. The first-order valence-corrected chi connectivity index (χ1v) is 6.31. The monoisotopic (exact) mass is 258 g/mol. The van der Waals surface area contributed by atoms with Gasteiger partial charge in [-0.1, -0.05) is 32.0 Å². The number of rotatable bonds is 5. The van der Waals surface area contributed by atoms with Crippen molar-refractivity contribution in [2.75, 3.05) is 0 Å². The number of carbonyl (C=O) groups is 2. The van der Waals surface area contributed by atoms with Gasteiger partial charge >= 0.3 is 0 Å². The molecule has 100 valence electrons. The molecule has 4 heteroatoms. The Morgan fingerprint density at radius 2 is 1.89 bits per heavy atom. The summed E-state index contributed by atoms with van der Waals surface area (Å²) in [6, 6.07) is 10.6. The summed E-state index contributed by atoms with van der Waals surface area (Å²) in [5, 5.41) is 11.3. The maximum atomic E-state index is 11.7. The SMILES string of the molecule is CC(C)C[C@H](C#N)CC(=O)NC(=O)c1ccccc1. The second-order valence-electron chi connectivity index (χ2n) is 4.90. The molecule has 1 aromatic carbocycles. The Balaban J connectivity index is 2.52. The standard InChI is InChI=1S/C15H18N2O2/c1-11(2)8-12(10-16)9-14(18)17-15(19)13-6-4-3-5-7-13/h3-7,11-12H,8-9H2,1-2H3,(H,17,18,19)/t12-/m0/s1. The zero-order chi connectivity index (χ0) is 14.3. The summed E-state index contributed by atoms with van der Waals surface area (Å²) in [5.41, 5.74) is 0.438. The molecule has 0 aliphatic carbocycles. The number of nitrogens with zero attached hydrogens (tertiary/aromatic N) is 1. The zero-order valence-corrected chi connectivity index (χ0v) is 11.2. The fraction of sp³-hybridized carbons (Fsp3) is 0.400. The van der Waals surface area contributed by atoms with E-state index in [1.54, 1.807) is 30.3 Å². The van der Waals surface area contributed by atoms with E-state index in [-0.39, 0.29) is 12.3 Å². The van der Waals surface area contributed by atoms with Crippen molar-refractivity contribution in [2.45, 2.75) is 26.7 Å². The van der Waals surface area contributed by atoms with Gasteiger partial charge in [-0.15, -0.1) is 0 Å². The smallest absolute Gasteiger partial charge is 0.257 e. The van der Waals surface area contributed by atoms with Gasteiger partial charge in [-0.25, -0.2) is 0 Å². The maximum absolute atomic E-state index is 11.7. The molecule has 0 fully saturated rings. The van der Waals surface area contributed by atoms with E-state index in [9.17, 15) is 9.59 Å². The Bertz CT molecular complexity index is 475. The lowest BCUT2D eigenvalue weighted by Gasteiger charge is -2.11. The van der Waals surface area contributed by atoms with Crippen LogP contribution in [0, 0.1) is 23.2 Å². The van der Waals surface area contributed by atoms with Gasteiger partial charge in [0.15, 0.2) is 0 Å². The Morgan fingerprint density at radius 3 is 2.42 bits per heavy atom. The van der Waals surface area contributed by atoms with Gasteiger partial charge in [-0.3, -0.25) is 14.9 Å². The molecule has 2 amide bonds. The van der Waals surface area contributed by atoms with Crippen LogP contribution in [0.15, 0.2) is 30.3 Å². The van der Waals surface area contributed by atoms with Crippen LogP contribution in [0.25, 0.3) is 0 Å². The van der Waals surface area contributed by atoms with Crippen molar-refractivity contribution < 1.29 is 9.59 Å². The highest BCUT2D eigenvalue weighted by Crippen LogP contribution is 2.14. The summed E-state index contributed by atoms with van der Waals surface area (Å²) in [7, 11) is 0. The first-order chi connectivity index (χ1) is 9.02. The number of carbonyl (C=O) groups excluding carboxylic acids is 2. The van der Waals surface area contributed by atoms with Crippen molar-refractivity contribution in [2.24, 2.45) is 11.8 Å². The van der Waals surface area contributed by atoms with E-state index in [4.69, 9.17) is 5.26 Å². The van der Waals surface area contributed by atoms with E-state index in [2.05, 4.69) is 11.4 Å². The maximum Gasteiger partial charge on any atom is 0.257 e. The lowest BCUT2D eigenvalue weighted by Crippen LogP contribution is -2.31. The van der Waals surface area contributed by atoms with Gasteiger partial charge in [0.2, 0.25) is 5.91 Å². The van der Waals surface area contributed by atoms with Crippen LogP contribution >= 0.6 is 0 Å². The summed E-state index contributed by atoms with van der Waals surface area (Å²) < 4.78 is 0. The van der Waals surface area contributed by atoms with Crippen LogP contribution in [-0.2, 0) is 4.79 Å². The van der Waals surface area contributed by atoms with Gasteiger partial charge in [0, 0.05) is 12.0 Å². The summed E-state index contributed by atoms with van der Waals surface area (Å²) in [6.45, 7) is 3.99. The Morgan fingerprint density at radius 1 is 1.26 bits per heavy atom. The van der Waals surface area contributed by atoms with Crippen LogP contribution in [0.5, 0.6) is 0 Å². The fourth-order valence-electron chi connectivity index (χ4n) is 1.81. The quantitative estimate of drug-likeness (QED) is 0.882. The van der Waals surface area contributed by atoms with Crippen LogP contribution in [0.3, 0.4) is 0 Å². The Hall–Kier alpha value is -2.15. The van der Waals surface area contributed by atoms with E-state index >= 15 is 0 Å². The minimum absolute atomic E-state index is 0.0628. The van der Waals surface area contributed by atoms with Crippen molar-refractivity contribution in [3.63, 3.8) is 0 Å². The molecule has 0 bridgehead atoms. The topological polar surface area (TPSA) is 70.0 Å². The first-order valence-electron chi connectivity index (χ1n) is 6.31. The molecule has 19 heavy (non-hydrogen) atoms. The molecule has 0 aliphatic rings. The van der Waals surface area contributed by atoms with Crippen molar-refractivity contribution >= 4 is 11.8 Å². The molecule has 0 spiro atoms. The molecule has 0 saturated carbocycles. The summed E-state index contributed by atoms with van der Waals surface area (Å²) in [4.78, 5) is 23.4. The number of nitrogens with one attached hydrogen (secondary N) is 1. The molecule has 4 nitrogen and oxygen atoms in total. The molecular formula is C15H18N2O2. The third-order valence-corrected chi connectivity index (χ3v) is 2.66. The van der Waals surface area contributed by atoms with Gasteiger partial charge in [-0.2, -0.15) is 5.26 Å². The van der Waals surface area contributed by atoms with E-state index in [1.165, 1.54) is 0 Å². The number of nitriles is 1. The molecule has 1 rings (SSSR count). The van der Waals surface area contributed by atoms with Crippen LogP contribution in [0.4, 0.5) is 0 Å². The predicted molar refractivity (Wildman–Crippen MR) is 72.1 cm³/mol. The van der Waals surface area contributed by atoms with Crippen molar-refractivity contribution in [3.8, 4) is 6.07 Å². The van der Waals surface area contributed by atoms with Gasteiger partial charge in [0.25, 0.3) is 5.91 Å². The first kappa shape index (κ1) is 14.9. The molecule has 0 unspecified atom stereocenters. The molecule has 1 aromatic rings. The lowest BCUT2D eigenvalue weighted by molar-refractivity contribution is -0.120. The molecule has 1 atom stereocenters. The Labute approximate surface area is 113 Å². The number of benzene rings is 1. The van der Waals surface area contributed by atoms with E-state index in [0.29, 0.717) is 17.9 Å². The third-order valence-electron chi connectivity index (χ3n) is 2.66. The fourth-order valence-corrected chi connectivity index (χ4v) is 1.81. The van der Waals surface area contributed by atoms with Crippen LogP contribution < -0.4 is 5.32 Å². The second-order valence-corrected chi connectivity index (χ2v) is 4.90. The minimum Gasteiger partial charge on any atom is -0.292 e. The summed E-state index contributed by atoms with van der Waals surface area (Å²) in [6.07, 6.45) is 0.719. The Kier molecular flexibility index (Phi) is 5.74. The summed E-state index contributed by atoms with van der Waals surface area (Å²) >= 11 is 0. The molecule has 0 aromatic heterocycles. The van der Waals surface area contributed by atoms with Crippen LogP contribution in [0.1, 0.15) is 37.0 Å². The molecule has 0 saturated heterocycles. The minimum atomic E-state index is -0.424. The van der Waals surface area contributed by atoms with Gasteiger partial charge in [0.05, 0.1) is 12.0 Å². The normalized spacial score (nSPS) is 11.7. The van der Waals surface area contributed by atoms with Gasteiger partial charge in [0.1, 0.15) is 0 Å². The number of hydrogen-bond acceptors (Lipinski definition) is 3. The highest BCUT2D eigenvalue weighted by molar-refractivity contribution is 6.04. The largest absolute Gasteiger partial charge is 0.292 e. The molecule has 0 heterocycles. The average molecular weight is 258 g/mol. The highest BCUT2D eigenvalue weighted by Gasteiger charge is 2.17.